The molecule has 1 heterocycles. The average Bonchev–Trinajstić information content (AvgIpc) is 2.44. The molecular weight excluding hydrogens is 254 g/mol. The van der Waals surface area contributed by atoms with Crippen LogP contribution in [0.2, 0.25) is 0 Å². The number of aromatic nitrogens is 2. The molecule has 20 heavy (non-hydrogen) atoms. The Hall–Kier alpha value is -2.43. The number of carbonyl (C=O) groups is 1. The Bertz CT molecular complexity index is 621. The Morgan fingerprint density at radius 1 is 1.15 bits per heavy atom. The van der Waals surface area contributed by atoms with Crippen LogP contribution in [0.1, 0.15) is 21.7 Å². The van der Waals surface area contributed by atoms with Crippen molar-refractivity contribution in [2.24, 2.45) is 0 Å². The number of ether oxygens (including phenoxy) is 1. The Morgan fingerprint density at radius 3 is 2.40 bits per heavy atom. The molecule has 0 amide bonds. The van der Waals surface area contributed by atoms with E-state index in [1.165, 1.54) is 7.11 Å². The van der Waals surface area contributed by atoms with Gasteiger partial charge >= 0.3 is 5.97 Å². The molecule has 0 spiro atoms. The molecule has 2 rings (SSSR count). The van der Waals surface area contributed by atoms with Crippen LogP contribution in [0.3, 0.4) is 0 Å². The van der Waals surface area contributed by atoms with Gasteiger partial charge < -0.3 is 9.64 Å². The molecule has 0 aliphatic heterocycles. The van der Waals surface area contributed by atoms with Gasteiger partial charge in [-0.1, -0.05) is 6.07 Å². The number of nitrogens with zero attached hydrogens (tertiary/aromatic N) is 3. The van der Waals surface area contributed by atoms with E-state index < -0.39 is 0 Å². The highest BCUT2D eigenvalue weighted by molar-refractivity contribution is 5.90. The molecule has 0 atom stereocenters. The standard InChI is InChI=1S/C15H17N3O2/c1-10-8-11(2)17-15(16-10)18(3)13-7-5-6-12(9-13)14(19)20-4/h5-9H,1-4H3. The van der Waals surface area contributed by atoms with Crippen LogP contribution in [-0.2, 0) is 4.74 Å². The Labute approximate surface area is 118 Å². The lowest BCUT2D eigenvalue weighted by Crippen LogP contribution is -2.15. The zero-order valence-electron chi connectivity index (χ0n) is 12.0. The summed E-state index contributed by atoms with van der Waals surface area (Å²) in [7, 11) is 3.23. The second-order valence-electron chi connectivity index (χ2n) is 4.55. The van der Waals surface area contributed by atoms with Gasteiger partial charge in [-0.3, -0.25) is 0 Å². The maximum absolute atomic E-state index is 11.6. The molecule has 0 aliphatic carbocycles. The minimum atomic E-state index is -0.360. The molecule has 1 aromatic heterocycles. The summed E-state index contributed by atoms with van der Waals surface area (Å²) < 4.78 is 4.73. The van der Waals surface area contributed by atoms with Gasteiger partial charge in [0.2, 0.25) is 5.95 Å². The Morgan fingerprint density at radius 2 is 1.80 bits per heavy atom. The summed E-state index contributed by atoms with van der Waals surface area (Å²) >= 11 is 0. The van der Waals surface area contributed by atoms with Crippen molar-refractivity contribution in [1.82, 2.24) is 9.97 Å². The van der Waals surface area contributed by atoms with E-state index in [9.17, 15) is 4.79 Å². The Balaban J connectivity index is 2.37. The van der Waals surface area contributed by atoms with Crippen molar-refractivity contribution in [2.75, 3.05) is 19.1 Å². The lowest BCUT2D eigenvalue weighted by Gasteiger charge is -2.18. The van der Waals surface area contributed by atoms with Gasteiger partial charge in [-0.25, -0.2) is 14.8 Å². The number of anilines is 2. The fourth-order valence-corrected chi connectivity index (χ4v) is 1.93. The first kappa shape index (κ1) is 14.0. The van der Waals surface area contributed by atoms with Gasteiger partial charge in [-0.15, -0.1) is 0 Å². The molecule has 0 saturated heterocycles. The lowest BCUT2D eigenvalue weighted by molar-refractivity contribution is 0.0601. The summed E-state index contributed by atoms with van der Waals surface area (Å²) in [5.74, 6) is 0.242. The van der Waals surface area contributed by atoms with Gasteiger partial charge in [-0.05, 0) is 38.1 Å². The van der Waals surface area contributed by atoms with E-state index >= 15 is 0 Å². The van der Waals surface area contributed by atoms with E-state index in [2.05, 4.69) is 9.97 Å². The second-order valence-corrected chi connectivity index (χ2v) is 4.55. The third-order valence-corrected chi connectivity index (χ3v) is 2.93. The van der Waals surface area contributed by atoms with E-state index in [-0.39, 0.29) is 5.97 Å². The van der Waals surface area contributed by atoms with Gasteiger partial charge in [0.1, 0.15) is 0 Å². The fraction of sp³-hybridized carbons (Fsp3) is 0.267. The quantitative estimate of drug-likeness (QED) is 0.803. The zero-order valence-corrected chi connectivity index (χ0v) is 12.0. The Kier molecular flexibility index (Phi) is 3.98. The molecule has 0 bridgehead atoms. The molecule has 0 N–H and O–H groups in total. The van der Waals surface area contributed by atoms with Crippen LogP contribution in [0.5, 0.6) is 0 Å². The smallest absolute Gasteiger partial charge is 0.337 e. The number of rotatable bonds is 3. The van der Waals surface area contributed by atoms with Crippen molar-refractivity contribution in [2.45, 2.75) is 13.8 Å². The van der Waals surface area contributed by atoms with Crippen LogP contribution < -0.4 is 4.90 Å². The molecule has 5 heteroatoms. The first-order valence-corrected chi connectivity index (χ1v) is 6.25. The molecule has 0 aliphatic rings. The number of methoxy groups -OCH3 is 1. The van der Waals surface area contributed by atoms with E-state index in [1.807, 2.05) is 37.9 Å². The van der Waals surface area contributed by atoms with Crippen LogP contribution in [-0.4, -0.2) is 30.1 Å². The first-order chi connectivity index (χ1) is 9.51. The van der Waals surface area contributed by atoms with E-state index in [0.29, 0.717) is 11.5 Å². The number of hydrogen-bond acceptors (Lipinski definition) is 5. The number of hydrogen-bond donors (Lipinski definition) is 0. The van der Waals surface area contributed by atoms with Gasteiger partial charge in [0.25, 0.3) is 0 Å². The van der Waals surface area contributed by atoms with Crippen molar-refractivity contribution in [1.29, 1.82) is 0 Å². The summed E-state index contributed by atoms with van der Waals surface area (Å²) in [6.45, 7) is 3.85. The van der Waals surface area contributed by atoms with Crippen LogP contribution >= 0.6 is 0 Å². The SMILES string of the molecule is COC(=O)c1cccc(N(C)c2nc(C)cc(C)n2)c1. The molecule has 5 nitrogen and oxygen atoms in total. The van der Waals surface area contributed by atoms with Crippen LogP contribution in [0, 0.1) is 13.8 Å². The first-order valence-electron chi connectivity index (χ1n) is 6.25. The lowest BCUT2D eigenvalue weighted by atomic mass is 10.2. The van der Waals surface area contributed by atoms with Crippen molar-refractivity contribution in [3.05, 3.63) is 47.3 Å². The number of carbonyl (C=O) groups excluding carboxylic acids is 1. The highest BCUT2D eigenvalue weighted by Crippen LogP contribution is 2.22. The molecule has 0 saturated carbocycles. The topological polar surface area (TPSA) is 55.3 Å². The van der Waals surface area contributed by atoms with E-state index in [1.54, 1.807) is 18.2 Å². The van der Waals surface area contributed by atoms with Gasteiger partial charge in [0.05, 0.1) is 12.7 Å². The monoisotopic (exact) mass is 271 g/mol. The highest BCUT2D eigenvalue weighted by Gasteiger charge is 2.11. The highest BCUT2D eigenvalue weighted by atomic mass is 16.5. The predicted octanol–water partition coefficient (Wildman–Crippen LogP) is 2.65. The summed E-state index contributed by atoms with van der Waals surface area (Å²) in [5, 5.41) is 0. The van der Waals surface area contributed by atoms with Crippen molar-refractivity contribution in [3.8, 4) is 0 Å². The molecule has 1 aromatic carbocycles. The third kappa shape index (κ3) is 2.93. The van der Waals surface area contributed by atoms with Crippen molar-refractivity contribution >= 4 is 17.6 Å². The van der Waals surface area contributed by atoms with Crippen LogP contribution in [0.15, 0.2) is 30.3 Å². The molecule has 104 valence electrons. The summed E-state index contributed by atoms with van der Waals surface area (Å²) in [5.41, 5.74) is 3.14. The fourth-order valence-electron chi connectivity index (χ4n) is 1.93. The van der Waals surface area contributed by atoms with Gasteiger partial charge in [0.15, 0.2) is 0 Å². The van der Waals surface area contributed by atoms with Gasteiger partial charge in [-0.2, -0.15) is 0 Å². The minimum absolute atomic E-state index is 0.360. The minimum Gasteiger partial charge on any atom is -0.465 e. The van der Waals surface area contributed by atoms with E-state index in [4.69, 9.17) is 4.74 Å². The third-order valence-electron chi connectivity index (χ3n) is 2.93. The molecule has 0 unspecified atom stereocenters. The normalized spacial score (nSPS) is 10.2. The predicted molar refractivity (Wildman–Crippen MR) is 77.4 cm³/mol. The maximum atomic E-state index is 11.6. The van der Waals surface area contributed by atoms with Crippen LogP contribution in [0.4, 0.5) is 11.6 Å². The molecule has 2 aromatic rings. The summed E-state index contributed by atoms with van der Waals surface area (Å²) in [6, 6.07) is 9.09. The molecule has 0 radical (unpaired) electrons. The summed E-state index contributed by atoms with van der Waals surface area (Å²) in [6.07, 6.45) is 0. The second kappa shape index (κ2) is 5.69. The average molecular weight is 271 g/mol. The van der Waals surface area contributed by atoms with Crippen molar-refractivity contribution in [3.63, 3.8) is 0 Å². The number of aryl methyl sites for hydroxylation is 2. The summed E-state index contributed by atoms with van der Waals surface area (Å²) in [4.78, 5) is 22.2. The van der Waals surface area contributed by atoms with Crippen molar-refractivity contribution < 1.29 is 9.53 Å². The van der Waals surface area contributed by atoms with Gasteiger partial charge in [0, 0.05) is 24.1 Å². The molecular formula is C15H17N3O2. The maximum Gasteiger partial charge on any atom is 0.337 e. The number of esters is 1. The zero-order chi connectivity index (χ0) is 14.7. The van der Waals surface area contributed by atoms with E-state index in [0.717, 1.165) is 17.1 Å². The molecule has 0 fully saturated rings. The largest absolute Gasteiger partial charge is 0.465 e. The van der Waals surface area contributed by atoms with Crippen LogP contribution in [0.25, 0.3) is 0 Å². The number of benzene rings is 1.